The molecule has 3 nitrogen and oxygen atoms in total. The van der Waals surface area contributed by atoms with E-state index in [4.69, 9.17) is 0 Å². The summed E-state index contributed by atoms with van der Waals surface area (Å²) < 4.78 is 0. The molecule has 1 aromatic carbocycles. The molecule has 0 bridgehead atoms. The molecule has 0 spiro atoms. The first-order valence-electron chi connectivity index (χ1n) is 3.95. The van der Waals surface area contributed by atoms with Gasteiger partial charge in [-0.15, -0.1) is 0 Å². The predicted molar refractivity (Wildman–Crippen MR) is 58.5 cm³/mol. The standard InChI is InChI=1S/C10H8BrNO2/c1-8-7-9(3-2-6-11)4-5-10(8)12(13)14/h4-5,7H,6H2,1H3. The summed E-state index contributed by atoms with van der Waals surface area (Å²) in [5.41, 5.74) is 1.57. The number of hydrogen-bond donors (Lipinski definition) is 0. The smallest absolute Gasteiger partial charge is 0.258 e. The maximum atomic E-state index is 10.5. The number of alkyl halides is 1. The van der Waals surface area contributed by atoms with Crippen LogP contribution in [-0.2, 0) is 0 Å². The number of hydrogen-bond acceptors (Lipinski definition) is 2. The molecule has 0 aliphatic heterocycles. The SMILES string of the molecule is Cc1cc(C#CCBr)ccc1[N+](=O)[O-]. The number of rotatable bonds is 1. The monoisotopic (exact) mass is 253 g/mol. The minimum atomic E-state index is -0.392. The van der Waals surface area contributed by atoms with Crippen molar-refractivity contribution in [2.45, 2.75) is 6.92 Å². The van der Waals surface area contributed by atoms with Crippen molar-refractivity contribution < 1.29 is 4.92 Å². The molecule has 0 N–H and O–H groups in total. The first kappa shape index (κ1) is 10.7. The first-order chi connectivity index (χ1) is 6.65. The Morgan fingerprint density at radius 3 is 2.79 bits per heavy atom. The van der Waals surface area contributed by atoms with E-state index in [-0.39, 0.29) is 5.69 Å². The number of nitro benzene ring substituents is 1. The van der Waals surface area contributed by atoms with Crippen molar-refractivity contribution in [1.29, 1.82) is 0 Å². The molecule has 1 aromatic rings. The molecule has 0 atom stereocenters. The van der Waals surface area contributed by atoms with Gasteiger partial charge in [0.25, 0.3) is 5.69 Å². The van der Waals surface area contributed by atoms with Gasteiger partial charge in [0.15, 0.2) is 0 Å². The van der Waals surface area contributed by atoms with Gasteiger partial charge >= 0.3 is 0 Å². The van der Waals surface area contributed by atoms with E-state index < -0.39 is 4.92 Å². The number of benzene rings is 1. The third-order valence-electron chi connectivity index (χ3n) is 1.69. The quantitative estimate of drug-likeness (QED) is 0.334. The van der Waals surface area contributed by atoms with Crippen LogP contribution in [-0.4, -0.2) is 10.3 Å². The zero-order chi connectivity index (χ0) is 10.6. The van der Waals surface area contributed by atoms with Crippen molar-refractivity contribution in [3.05, 3.63) is 39.4 Å². The molecule has 72 valence electrons. The van der Waals surface area contributed by atoms with Crippen LogP contribution >= 0.6 is 15.9 Å². The van der Waals surface area contributed by atoms with E-state index in [1.807, 2.05) is 0 Å². The normalized spacial score (nSPS) is 9.00. The Balaban J connectivity index is 3.06. The Labute approximate surface area is 90.4 Å². The lowest BCUT2D eigenvalue weighted by Crippen LogP contribution is -1.91. The largest absolute Gasteiger partial charge is 0.272 e. The van der Waals surface area contributed by atoms with Crippen LogP contribution in [0.4, 0.5) is 5.69 Å². The third kappa shape index (κ3) is 2.57. The van der Waals surface area contributed by atoms with Crippen molar-refractivity contribution in [3.63, 3.8) is 0 Å². The fourth-order valence-corrected chi connectivity index (χ4v) is 1.21. The van der Waals surface area contributed by atoms with Crippen LogP contribution in [0.3, 0.4) is 0 Å². The molecule has 0 aliphatic rings. The highest BCUT2D eigenvalue weighted by atomic mass is 79.9. The van der Waals surface area contributed by atoms with Gasteiger partial charge in [0.2, 0.25) is 0 Å². The van der Waals surface area contributed by atoms with Gasteiger partial charge < -0.3 is 0 Å². The molecule has 4 heteroatoms. The fourth-order valence-electron chi connectivity index (χ4n) is 1.07. The summed E-state index contributed by atoms with van der Waals surface area (Å²) in [4.78, 5) is 10.1. The van der Waals surface area contributed by atoms with Gasteiger partial charge in [-0.2, -0.15) is 0 Å². The molecule has 0 fully saturated rings. The van der Waals surface area contributed by atoms with Crippen molar-refractivity contribution >= 4 is 21.6 Å². The summed E-state index contributed by atoms with van der Waals surface area (Å²) in [5.74, 6) is 5.72. The van der Waals surface area contributed by atoms with Gasteiger partial charge in [-0.1, -0.05) is 27.8 Å². The van der Waals surface area contributed by atoms with Crippen LogP contribution < -0.4 is 0 Å². The molecule has 0 amide bonds. The van der Waals surface area contributed by atoms with Crippen LogP contribution in [0.2, 0.25) is 0 Å². The predicted octanol–water partition coefficient (Wildman–Crippen LogP) is 2.65. The number of halogens is 1. The minimum Gasteiger partial charge on any atom is -0.258 e. The maximum absolute atomic E-state index is 10.5. The Hall–Kier alpha value is -1.34. The average molecular weight is 254 g/mol. The Morgan fingerprint density at radius 1 is 1.57 bits per heavy atom. The van der Waals surface area contributed by atoms with E-state index in [1.165, 1.54) is 6.07 Å². The summed E-state index contributed by atoms with van der Waals surface area (Å²) in [7, 11) is 0. The summed E-state index contributed by atoms with van der Waals surface area (Å²) in [6, 6.07) is 4.85. The maximum Gasteiger partial charge on any atom is 0.272 e. The molecular weight excluding hydrogens is 246 g/mol. The lowest BCUT2D eigenvalue weighted by molar-refractivity contribution is -0.385. The van der Waals surface area contributed by atoms with Crippen molar-refractivity contribution in [2.75, 3.05) is 5.33 Å². The lowest BCUT2D eigenvalue weighted by atomic mass is 10.1. The summed E-state index contributed by atoms with van der Waals surface area (Å²) >= 11 is 3.18. The van der Waals surface area contributed by atoms with Gasteiger partial charge in [-0.25, -0.2) is 0 Å². The molecule has 0 unspecified atom stereocenters. The van der Waals surface area contributed by atoms with E-state index in [1.54, 1.807) is 19.1 Å². The van der Waals surface area contributed by atoms with Gasteiger partial charge in [-0.3, -0.25) is 10.1 Å². The zero-order valence-corrected chi connectivity index (χ0v) is 9.17. The average Bonchev–Trinajstić information content (AvgIpc) is 2.14. The first-order valence-corrected chi connectivity index (χ1v) is 5.07. The van der Waals surface area contributed by atoms with Gasteiger partial charge in [0.05, 0.1) is 10.3 Å². The van der Waals surface area contributed by atoms with E-state index in [9.17, 15) is 10.1 Å². The number of nitro groups is 1. The van der Waals surface area contributed by atoms with Crippen LogP contribution in [0, 0.1) is 28.9 Å². The second-order valence-corrected chi connectivity index (χ2v) is 3.25. The zero-order valence-electron chi connectivity index (χ0n) is 7.58. The van der Waals surface area contributed by atoms with Crippen molar-refractivity contribution in [2.24, 2.45) is 0 Å². The molecular formula is C10H8BrNO2. The summed E-state index contributed by atoms with van der Waals surface area (Å²) in [6.07, 6.45) is 0. The number of nitrogens with zero attached hydrogens (tertiary/aromatic N) is 1. The van der Waals surface area contributed by atoms with E-state index in [0.717, 1.165) is 5.56 Å². The van der Waals surface area contributed by atoms with Crippen molar-refractivity contribution in [1.82, 2.24) is 0 Å². The van der Waals surface area contributed by atoms with Crippen LogP contribution in [0.5, 0.6) is 0 Å². The highest BCUT2D eigenvalue weighted by Crippen LogP contribution is 2.17. The van der Waals surface area contributed by atoms with Crippen molar-refractivity contribution in [3.8, 4) is 11.8 Å². The highest BCUT2D eigenvalue weighted by Gasteiger charge is 2.08. The van der Waals surface area contributed by atoms with Gasteiger partial charge in [0.1, 0.15) is 0 Å². The van der Waals surface area contributed by atoms with E-state index in [0.29, 0.717) is 10.9 Å². The molecule has 0 aromatic heterocycles. The third-order valence-corrected chi connectivity index (χ3v) is 1.97. The fraction of sp³-hybridized carbons (Fsp3) is 0.200. The Bertz CT molecular complexity index is 418. The van der Waals surface area contributed by atoms with Crippen LogP contribution in [0.25, 0.3) is 0 Å². The molecule has 0 saturated heterocycles. The second kappa shape index (κ2) is 4.77. The molecule has 0 aliphatic carbocycles. The topological polar surface area (TPSA) is 43.1 Å². The lowest BCUT2D eigenvalue weighted by Gasteiger charge is -1.96. The van der Waals surface area contributed by atoms with Gasteiger partial charge in [0, 0.05) is 17.2 Å². The second-order valence-electron chi connectivity index (χ2n) is 2.69. The van der Waals surface area contributed by atoms with Gasteiger partial charge in [-0.05, 0) is 19.1 Å². The Morgan fingerprint density at radius 2 is 2.29 bits per heavy atom. The minimum absolute atomic E-state index is 0.134. The molecule has 0 saturated carbocycles. The number of aryl methyl sites for hydroxylation is 1. The van der Waals surface area contributed by atoms with Crippen LogP contribution in [0.15, 0.2) is 18.2 Å². The van der Waals surface area contributed by atoms with E-state index in [2.05, 4.69) is 27.8 Å². The summed E-state index contributed by atoms with van der Waals surface area (Å²) in [6.45, 7) is 1.71. The van der Waals surface area contributed by atoms with E-state index >= 15 is 0 Å². The van der Waals surface area contributed by atoms with Crippen LogP contribution in [0.1, 0.15) is 11.1 Å². The highest BCUT2D eigenvalue weighted by molar-refractivity contribution is 9.09. The molecule has 1 rings (SSSR count). The Kier molecular flexibility index (Phi) is 3.66. The summed E-state index contributed by atoms with van der Waals surface area (Å²) in [5, 5.41) is 11.1. The molecule has 0 heterocycles. The molecule has 14 heavy (non-hydrogen) atoms. The molecule has 0 radical (unpaired) electrons.